The van der Waals surface area contributed by atoms with Crippen molar-refractivity contribution in [1.29, 1.82) is 0 Å². The summed E-state index contributed by atoms with van der Waals surface area (Å²) in [6, 6.07) is 22.3. The van der Waals surface area contributed by atoms with Gasteiger partial charge in [0.05, 0.1) is 70.7 Å². The van der Waals surface area contributed by atoms with Gasteiger partial charge in [0.1, 0.15) is 0 Å². The van der Waals surface area contributed by atoms with E-state index in [1.54, 1.807) is 12.1 Å². The Morgan fingerprint density at radius 2 is 0.836 bits per heavy atom. The Morgan fingerprint density at radius 1 is 0.527 bits per heavy atom. The van der Waals surface area contributed by atoms with E-state index in [1.165, 1.54) is 9.80 Å². The van der Waals surface area contributed by atoms with Gasteiger partial charge in [-0.25, -0.2) is 9.97 Å². The molecular weight excluding hydrogens is 885 g/mol. The number of benzene rings is 2. The van der Waals surface area contributed by atoms with Crippen LogP contribution in [0.2, 0.25) is 0 Å². The van der Waals surface area contributed by atoms with Crippen LogP contribution in [0.4, 0.5) is 11.4 Å². The van der Waals surface area contributed by atoms with Crippen molar-refractivity contribution in [3.63, 3.8) is 0 Å². The molecule has 1 radical (unpaired) electrons. The van der Waals surface area contributed by atoms with Gasteiger partial charge in [-0.3, -0.25) is 29.0 Å². The maximum atomic E-state index is 11.6. The van der Waals surface area contributed by atoms with Crippen LogP contribution in [0.1, 0.15) is 33.6 Å². The largest absolute Gasteiger partial charge is 0.480 e. The molecule has 0 fully saturated rings. The van der Waals surface area contributed by atoms with Crippen LogP contribution >= 0.6 is 24.4 Å². The Balaban J connectivity index is 0.00000812. The number of aromatic nitrogens is 2. The van der Waals surface area contributed by atoms with Gasteiger partial charge in [-0.05, 0) is 121 Å². The minimum Gasteiger partial charge on any atom is -0.480 e. The number of thiocarbonyl (C=S) groups is 2. The Labute approximate surface area is 368 Å². The summed E-state index contributed by atoms with van der Waals surface area (Å²) < 4.78 is 0. The Bertz CT molecular complexity index is 1910. The van der Waals surface area contributed by atoms with E-state index in [9.17, 15) is 39.6 Å². The molecule has 0 spiro atoms. The van der Waals surface area contributed by atoms with Gasteiger partial charge in [-0.1, -0.05) is 24.3 Å². The second-order valence-electron chi connectivity index (χ2n) is 12.3. The van der Waals surface area contributed by atoms with Crippen molar-refractivity contribution in [3.8, 4) is 11.4 Å². The van der Waals surface area contributed by atoms with Gasteiger partial charge in [-0.15, -0.1) is 0 Å². The first kappa shape index (κ1) is 45.1. The molecule has 2 heterocycles. The fourth-order valence-electron chi connectivity index (χ4n) is 5.73. The summed E-state index contributed by atoms with van der Waals surface area (Å²) in [5, 5.41) is 42.6. The molecular formula is C38H36EuN6O8S2. The molecule has 4 aromatic rings. The van der Waals surface area contributed by atoms with Crippen molar-refractivity contribution < 1.29 is 89.0 Å². The smallest absolute Gasteiger partial charge is 0.317 e. The van der Waals surface area contributed by atoms with Crippen LogP contribution in [0, 0.1) is 49.4 Å². The van der Waals surface area contributed by atoms with E-state index in [4.69, 9.17) is 9.97 Å². The summed E-state index contributed by atoms with van der Waals surface area (Å²) in [6.45, 7) is -2.25. The predicted octanol–water partition coefficient (Wildman–Crippen LogP) is 5.13. The van der Waals surface area contributed by atoms with Gasteiger partial charge in [0.15, 0.2) is 0 Å². The first-order chi connectivity index (χ1) is 25.9. The zero-order valence-corrected chi connectivity index (χ0v) is 33.4. The first-order valence-corrected chi connectivity index (χ1v) is 17.4. The van der Waals surface area contributed by atoms with Crippen molar-refractivity contribution in [1.82, 2.24) is 19.8 Å². The number of hydrogen-bond donors (Lipinski definition) is 4. The number of pyridine rings is 2. The molecule has 55 heavy (non-hydrogen) atoms. The van der Waals surface area contributed by atoms with E-state index < -0.39 is 50.1 Å². The molecule has 285 valence electrons. The number of aliphatic carboxylic acids is 4. The fourth-order valence-corrected chi connectivity index (χ4v) is 5.94. The standard InChI is InChI=1S/C38H36N6O8S2.Eu/c45-35(46)19-43(20-36(47)48)17-31-13-27(3-1-25-5-9-29(10-6-25)39-23-53)15-33(41-31)34-16-28(4-2-26-7-11-30(12-8-26)40-24-54)14-32(42-34)18-44(21-37(49)50)22-38(51)52;/h5-16H,1-4,17-22H2,(H,45,46)(H,47,48)(H,49,50)(H,51,52);. The molecule has 0 aliphatic heterocycles. The molecule has 2 aromatic carbocycles. The summed E-state index contributed by atoms with van der Waals surface area (Å²) in [4.78, 5) is 66.5. The summed E-state index contributed by atoms with van der Waals surface area (Å²) in [6.07, 6.45) is 2.31. The van der Waals surface area contributed by atoms with Gasteiger partial charge < -0.3 is 20.4 Å². The number of aliphatic imine (C=N–C) groups is 2. The SMILES string of the molecule is O=C(O)CN(CC(=O)O)Cc1cc(CCc2ccc(N=C=S)cc2)cc(-c2cc(CCc3ccc(N=C=S)cc3)cc(CN(CC(=O)O)CC(=O)O)n2)n1.[Eu]. The van der Waals surface area contributed by atoms with Crippen molar-refractivity contribution in [2.75, 3.05) is 26.2 Å². The third-order valence-corrected chi connectivity index (χ3v) is 8.15. The molecule has 0 saturated heterocycles. The Hall–Kier alpha value is -4.28. The number of aryl methyl sites for hydroxylation is 4. The summed E-state index contributed by atoms with van der Waals surface area (Å²) in [7, 11) is 0. The van der Waals surface area contributed by atoms with Crippen molar-refractivity contribution in [2.24, 2.45) is 9.98 Å². The predicted molar refractivity (Wildman–Crippen MR) is 206 cm³/mol. The van der Waals surface area contributed by atoms with Crippen LogP contribution in [0.5, 0.6) is 0 Å². The van der Waals surface area contributed by atoms with Gasteiger partial charge in [0, 0.05) is 62.5 Å². The molecule has 4 N–H and O–H groups in total. The van der Waals surface area contributed by atoms with Crippen LogP contribution in [-0.2, 0) is 58.0 Å². The van der Waals surface area contributed by atoms with E-state index >= 15 is 0 Å². The number of isothiocyanates is 2. The van der Waals surface area contributed by atoms with E-state index in [1.807, 2.05) is 60.7 Å². The van der Waals surface area contributed by atoms with Gasteiger partial charge in [-0.2, -0.15) is 9.98 Å². The maximum absolute atomic E-state index is 11.6. The molecule has 0 saturated carbocycles. The van der Waals surface area contributed by atoms with Gasteiger partial charge >= 0.3 is 23.9 Å². The van der Waals surface area contributed by atoms with Crippen LogP contribution in [-0.4, -0.2) is 101 Å². The van der Waals surface area contributed by atoms with Crippen molar-refractivity contribution >= 4 is 70.0 Å². The number of carbonyl (C=O) groups is 4. The average Bonchev–Trinajstić information content (AvgIpc) is 3.10. The molecule has 0 amide bonds. The van der Waals surface area contributed by atoms with Gasteiger partial charge in [0.25, 0.3) is 0 Å². The summed E-state index contributed by atoms with van der Waals surface area (Å²) in [5.74, 6) is -4.77. The van der Waals surface area contributed by atoms with Crippen LogP contribution < -0.4 is 0 Å². The second kappa shape index (κ2) is 22.9. The second-order valence-corrected chi connectivity index (χ2v) is 12.7. The molecule has 2 aromatic heterocycles. The number of carboxylic acids is 4. The quantitative estimate of drug-likeness (QED) is 0.0633. The molecule has 0 bridgehead atoms. The van der Waals surface area contributed by atoms with Crippen LogP contribution in [0.15, 0.2) is 82.8 Å². The molecule has 0 atom stereocenters. The third kappa shape index (κ3) is 16.2. The minimum absolute atomic E-state index is 0. The molecule has 0 unspecified atom stereocenters. The number of nitrogens with zero attached hydrogens (tertiary/aromatic N) is 6. The van der Waals surface area contributed by atoms with Crippen LogP contribution in [0.25, 0.3) is 11.4 Å². The normalized spacial score (nSPS) is 10.6. The summed E-state index contributed by atoms with van der Waals surface area (Å²) in [5.41, 5.74) is 6.70. The van der Waals surface area contributed by atoms with Gasteiger partial charge in [0.2, 0.25) is 0 Å². The van der Waals surface area contributed by atoms with E-state index in [0.717, 1.165) is 22.3 Å². The molecule has 17 heteroatoms. The zero-order chi connectivity index (χ0) is 39.0. The first-order valence-electron chi connectivity index (χ1n) is 16.5. The van der Waals surface area contributed by atoms with Crippen molar-refractivity contribution in [3.05, 3.63) is 106 Å². The number of rotatable bonds is 21. The molecule has 4 rings (SSSR count). The Morgan fingerprint density at radius 3 is 1.13 bits per heavy atom. The molecule has 0 aliphatic rings. The fraction of sp³-hybridized carbons (Fsp3) is 0.263. The minimum atomic E-state index is -1.19. The Kier molecular flexibility index (Phi) is 18.8. The zero-order valence-electron chi connectivity index (χ0n) is 29.3. The number of carboxylic acid groups (broad SMARTS) is 4. The summed E-state index contributed by atoms with van der Waals surface area (Å²) >= 11 is 9.37. The van der Waals surface area contributed by atoms with E-state index in [0.29, 0.717) is 59.8 Å². The van der Waals surface area contributed by atoms with E-state index in [2.05, 4.69) is 44.7 Å². The number of hydrogen-bond acceptors (Lipinski definition) is 12. The molecule has 14 nitrogen and oxygen atoms in total. The topological polar surface area (TPSA) is 206 Å². The monoisotopic (exact) mass is 921 g/mol. The van der Waals surface area contributed by atoms with Crippen LogP contribution in [0.3, 0.4) is 0 Å². The van der Waals surface area contributed by atoms with Crippen molar-refractivity contribution in [2.45, 2.75) is 38.8 Å². The average molecular weight is 921 g/mol. The third-order valence-electron chi connectivity index (χ3n) is 7.97. The maximum Gasteiger partial charge on any atom is 0.317 e. The molecule has 0 aliphatic carbocycles. The van der Waals surface area contributed by atoms with E-state index in [-0.39, 0.29) is 62.5 Å².